The summed E-state index contributed by atoms with van der Waals surface area (Å²) in [5.74, 6) is 1.08. The normalized spacial score (nSPS) is 13.1. The molecule has 0 bridgehead atoms. The van der Waals surface area contributed by atoms with Gasteiger partial charge in [0.2, 0.25) is 5.91 Å². The number of nitrogens with one attached hydrogen (secondary N) is 3. The van der Waals surface area contributed by atoms with E-state index in [4.69, 9.17) is 13.9 Å². The first-order chi connectivity index (χ1) is 19.4. The summed E-state index contributed by atoms with van der Waals surface area (Å²) in [5.41, 5.74) is 3.82. The summed E-state index contributed by atoms with van der Waals surface area (Å²) in [6, 6.07) is 13.4. The molecule has 3 N–H and O–H groups in total. The van der Waals surface area contributed by atoms with Gasteiger partial charge in [0.05, 0.1) is 20.5 Å². The van der Waals surface area contributed by atoms with Crippen molar-refractivity contribution in [3.05, 3.63) is 77.2 Å². The summed E-state index contributed by atoms with van der Waals surface area (Å²) in [7, 11) is 3.18. The van der Waals surface area contributed by atoms with Gasteiger partial charge in [-0.25, -0.2) is 4.79 Å². The Labute approximate surface area is 234 Å². The number of rotatable bonds is 11. The van der Waals surface area contributed by atoms with Crippen LogP contribution in [-0.2, 0) is 17.8 Å². The molecular formula is C30H36N4O6. The van der Waals surface area contributed by atoms with E-state index in [1.165, 1.54) is 6.26 Å². The Morgan fingerprint density at radius 2 is 1.73 bits per heavy atom. The molecular weight excluding hydrogens is 512 g/mol. The number of hydrogen-bond donors (Lipinski definition) is 3. The molecule has 1 aliphatic heterocycles. The maximum Gasteiger partial charge on any atom is 0.319 e. The number of urea groups is 1. The fourth-order valence-corrected chi connectivity index (χ4v) is 4.68. The molecule has 0 aliphatic carbocycles. The zero-order valence-corrected chi connectivity index (χ0v) is 23.1. The number of hydrogen-bond acceptors (Lipinski definition) is 6. The Morgan fingerprint density at radius 1 is 1.00 bits per heavy atom. The number of aryl methyl sites for hydroxylation is 1. The second-order valence-corrected chi connectivity index (χ2v) is 9.73. The summed E-state index contributed by atoms with van der Waals surface area (Å²) in [6.45, 7) is 3.33. The lowest BCUT2D eigenvalue weighted by Gasteiger charge is -2.32. The molecule has 3 aromatic rings. The van der Waals surface area contributed by atoms with Crippen LogP contribution in [0.15, 0.2) is 59.2 Å². The molecule has 10 nitrogen and oxygen atoms in total. The van der Waals surface area contributed by atoms with E-state index in [0.717, 1.165) is 16.7 Å². The monoisotopic (exact) mass is 548 g/mol. The Balaban J connectivity index is 1.39. The number of methoxy groups -OCH3 is 2. The van der Waals surface area contributed by atoms with Crippen LogP contribution in [0, 0.1) is 6.92 Å². The Hall–Kier alpha value is -4.47. The average molecular weight is 549 g/mol. The summed E-state index contributed by atoms with van der Waals surface area (Å²) < 4.78 is 16.0. The average Bonchev–Trinajstić information content (AvgIpc) is 3.51. The first-order valence-corrected chi connectivity index (χ1v) is 13.4. The molecule has 1 aromatic heterocycles. The predicted octanol–water partition coefficient (Wildman–Crippen LogP) is 4.28. The fraction of sp³-hybridized carbons (Fsp3) is 0.367. The van der Waals surface area contributed by atoms with Gasteiger partial charge < -0.3 is 34.7 Å². The van der Waals surface area contributed by atoms with Crippen LogP contribution in [0.25, 0.3) is 0 Å². The predicted molar refractivity (Wildman–Crippen MR) is 151 cm³/mol. The second kappa shape index (κ2) is 13.5. The summed E-state index contributed by atoms with van der Waals surface area (Å²) >= 11 is 0. The molecule has 0 saturated heterocycles. The minimum Gasteiger partial charge on any atom is -0.493 e. The maximum absolute atomic E-state index is 13.7. The topological polar surface area (TPSA) is 122 Å². The first kappa shape index (κ1) is 28.5. The van der Waals surface area contributed by atoms with Crippen molar-refractivity contribution in [3.63, 3.8) is 0 Å². The molecule has 0 spiro atoms. The SMILES string of the molecule is COc1cc2c(cc1OC)CN(C(=O)C(CCCCNC(=O)c1ccco1)NC(=O)Nc1ccc(C)cc1)CC2. The maximum atomic E-state index is 13.7. The van der Waals surface area contributed by atoms with E-state index in [0.29, 0.717) is 62.5 Å². The third-order valence-corrected chi connectivity index (χ3v) is 6.89. The number of amides is 4. The highest BCUT2D eigenvalue weighted by Gasteiger charge is 2.29. The molecule has 2 aromatic carbocycles. The summed E-state index contributed by atoms with van der Waals surface area (Å²) in [5, 5.41) is 8.50. The standard InChI is InChI=1S/C30H36N4O6/c1-20-9-11-23(12-10-20)32-30(37)33-24(7-4-5-14-31-28(35)25-8-6-16-40-25)29(36)34-15-13-21-17-26(38-2)27(39-3)18-22(21)19-34/h6,8-12,16-18,24H,4-5,7,13-15,19H2,1-3H3,(H,31,35)(H2,32,33,37). The molecule has 212 valence electrons. The number of unbranched alkanes of at least 4 members (excludes halogenated alkanes) is 1. The number of carbonyl (C=O) groups excluding carboxylic acids is 3. The minimum atomic E-state index is -0.729. The lowest BCUT2D eigenvalue weighted by atomic mass is 9.97. The van der Waals surface area contributed by atoms with Gasteiger partial charge in [-0.2, -0.15) is 0 Å². The summed E-state index contributed by atoms with van der Waals surface area (Å²) in [6.07, 6.45) is 3.80. The van der Waals surface area contributed by atoms with E-state index in [1.54, 1.807) is 31.3 Å². The van der Waals surface area contributed by atoms with Crippen molar-refractivity contribution < 1.29 is 28.3 Å². The molecule has 0 saturated carbocycles. The number of ether oxygens (including phenoxy) is 2. The third-order valence-electron chi connectivity index (χ3n) is 6.89. The van der Waals surface area contributed by atoms with Crippen molar-refractivity contribution in [1.82, 2.24) is 15.5 Å². The zero-order chi connectivity index (χ0) is 28.5. The van der Waals surface area contributed by atoms with Gasteiger partial charge in [-0.1, -0.05) is 17.7 Å². The Bertz CT molecular complexity index is 1310. The van der Waals surface area contributed by atoms with E-state index in [9.17, 15) is 14.4 Å². The minimum absolute atomic E-state index is 0.154. The molecule has 4 amide bonds. The number of anilines is 1. The lowest BCUT2D eigenvalue weighted by molar-refractivity contribution is -0.134. The molecule has 2 heterocycles. The van der Waals surface area contributed by atoms with Crippen LogP contribution in [0.1, 0.15) is 46.5 Å². The van der Waals surface area contributed by atoms with E-state index in [2.05, 4.69) is 16.0 Å². The van der Waals surface area contributed by atoms with Crippen molar-refractivity contribution in [1.29, 1.82) is 0 Å². The number of benzene rings is 2. The van der Waals surface area contributed by atoms with E-state index >= 15 is 0 Å². The van der Waals surface area contributed by atoms with Gasteiger partial charge in [-0.15, -0.1) is 0 Å². The molecule has 1 atom stereocenters. The van der Waals surface area contributed by atoms with Crippen molar-refractivity contribution in [2.45, 2.75) is 45.2 Å². The van der Waals surface area contributed by atoms with E-state index in [1.807, 2.05) is 43.3 Å². The van der Waals surface area contributed by atoms with Crippen LogP contribution in [0.4, 0.5) is 10.5 Å². The van der Waals surface area contributed by atoms with Crippen molar-refractivity contribution in [3.8, 4) is 11.5 Å². The lowest BCUT2D eigenvalue weighted by Crippen LogP contribution is -2.50. The van der Waals surface area contributed by atoms with Crippen molar-refractivity contribution in [2.75, 3.05) is 32.6 Å². The van der Waals surface area contributed by atoms with Crippen LogP contribution in [0.5, 0.6) is 11.5 Å². The molecule has 0 fully saturated rings. The van der Waals surface area contributed by atoms with E-state index < -0.39 is 12.1 Å². The van der Waals surface area contributed by atoms with Gasteiger partial charge in [0, 0.05) is 25.3 Å². The van der Waals surface area contributed by atoms with Gasteiger partial charge in [0.25, 0.3) is 5.91 Å². The van der Waals surface area contributed by atoms with Gasteiger partial charge in [0.15, 0.2) is 17.3 Å². The van der Waals surface area contributed by atoms with Crippen molar-refractivity contribution in [2.24, 2.45) is 0 Å². The van der Waals surface area contributed by atoms with Crippen LogP contribution in [-0.4, -0.2) is 56.1 Å². The third kappa shape index (κ3) is 7.34. The first-order valence-electron chi connectivity index (χ1n) is 13.4. The van der Waals surface area contributed by atoms with Gasteiger partial charge in [0.1, 0.15) is 6.04 Å². The van der Waals surface area contributed by atoms with Gasteiger partial charge in [-0.05, 0) is 80.1 Å². The molecule has 4 rings (SSSR count). The Kier molecular flexibility index (Phi) is 9.66. The highest BCUT2D eigenvalue weighted by Crippen LogP contribution is 2.33. The van der Waals surface area contributed by atoms with Crippen LogP contribution >= 0.6 is 0 Å². The zero-order valence-electron chi connectivity index (χ0n) is 23.1. The van der Waals surface area contributed by atoms with Crippen molar-refractivity contribution >= 4 is 23.5 Å². The second-order valence-electron chi connectivity index (χ2n) is 9.73. The highest BCUT2D eigenvalue weighted by molar-refractivity contribution is 5.94. The molecule has 10 heteroatoms. The van der Waals surface area contributed by atoms with Crippen LogP contribution < -0.4 is 25.4 Å². The number of fused-ring (bicyclic) bond motifs is 1. The van der Waals surface area contributed by atoms with Crippen LogP contribution in [0.3, 0.4) is 0 Å². The smallest absolute Gasteiger partial charge is 0.319 e. The molecule has 1 aliphatic rings. The van der Waals surface area contributed by atoms with Crippen LogP contribution in [0.2, 0.25) is 0 Å². The largest absolute Gasteiger partial charge is 0.493 e. The molecule has 40 heavy (non-hydrogen) atoms. The molecule has 1 unspecified atom stereocenters. The summed E-state index contributed by atoms with van der Waals surface area (Å²) in [4.78, 5) is 40.4. The molecule has 0 radical (unpaired) electrons. The number of carbonyl (C=O) groups is 3. The Morgan fingerprint density at radius 3 is 2.40 bits per heavy atom. The van der Waals surface area contributed by atoms with Gasteiger partial charge >= 0.3 is 6.03 Å². The highest BCUT2D eigenvalue weighted by atomic mass is 16.5. The fourth-order valence-electron chi connectivity index (χ4n) is 4.68. The quantitative estimate of drug-likeness (QED) is 0.308. The van der Waals surface area contributed by atoms with E-state index in [-0.39, 0.29) is 17.6 Å². The number of furan rings is 1. The number of nitrogens with zero attached hydrogens (tertiary/aromatic N) is 1. The van der Waals surface area contributed by atoms with Gasteiger partial charge in [-0.3, -0.25) is 9.59 Å².